The van der Waals surface area contributed by atoms with Gasteiger partial charge in [-0.3, -0.25) is 4.72 Å². The highest BCUT2D eigenvalue weighted by atomic mass is 32.2. The molecule has 0 amide bonds. The quantitative estimate of drug-likeness (QED) is 0.805. The van der Waals surface area contributed by atoms with E-state index in [1.165, 1.54) is 44.0 Å². The molecular formula is C11H12N4O3S. The molecule has 1 aromatic heterocycles. The fourth-order valence-electron chi connectivity index (χ4n) is 1.45. The highest BCUT2D eigenvalue weighted by molar-refractivity contribution is 7.92. The van der Waals surface area contributed by atoms with Crippen LogP contribution in [0.15, 0.2) is 41.8 Å². The smallest absolute Gasteiger partial charge is 0.262 e. The van der Waals surface area contributed by atoms with Gasteiger partial charge >= 0.3 is 0 Å². The lowest BCUT2D eigenvalue weighted by molar-refractivity contribution is 0.416. The minimum atomic E-state index is -3.73. The third-order valence-corrected chi connectivity index (χ3v) is 3.70. The lowest BCUT2D eigenvalue weighted by Crippen LogP contribution is -2.13. The van der Waals surface area contributed by atoms with Crippen LogP contribution in [0.25, 0.3) is 0 Å². The summed E-state index contributed by atoms with van der Waals surface area (Å²) in [6.45, 7) is 0. The summed E-state index contributed by atoms with van der Waals surface area (Å²) in [4.78, 5) is 7.49. The highest BCUT2D eigenvalue weighted by Gasteiger charge is 2.16. The molecule has 0 aliphatic carbocycles. The van der Waals surface area contributed by atoms with Gasteiger partial charge < -0.3 is 10.5 Å². The molecule has 0 aliphatic heterocycles. The van der Waals surface area contributed by atoms with E-state index in [0.29, 0.717) is 5.75 Å². The first-order chi connectivity index (χ1) is 9.03. The van der Waals surface area contributed by atoms with Gasteiger partial charge in [0.15, 0.2) is 0 Å². The van der Waals surface area contributed by atoms with Crippen LogP contribution < -0.4 is 15.2 Å². The van der Waals surface area contributed by atoms with Gasteiger partial charge in [0.1, 0.15) is 12.1 Å². The molecule has 3 N–H and O–H groups in total. The van der Waals surface area contributed by atoms with Crippen molar-refractivity contribution >= 4 is 21.4 Å². The van der Waals surface area contributed by atoms with E-state index in [1.807, 2.05) is 0 Å². The maximum atomic E-state index is 12.1. The van der Waals surface area contributed by atoms with Gasteiger partial charge in [-0.05, 0) is 18.2 Å². The Morgan fingerprint density at radius 3 is 2.53 bits per heavy atom. The lowest BCUT2D eigenvalue weighted by atomic mass is 10.3. The number of benzene rings is 1. The van der Waals surface area contributed by atoms with E-state index in [1.54, 1.807) is 0 Å². The van der Waals surface area contributed by atoms with Crippen molar-refractivity contribution in [1.29, 1.82) is 0 Å². The molecule has 19 heavy (non-hydrogen) atoms. The predicted octanol–water partition coefficient (Wildman–Crippen LogP) is 0.868. The number of nitrogens with one attached hydrogen (secondary N) is 1. The van der Waals surface area contributed by atoms with Crippen LogP contribution in [0.2, 0.25) is 0 Å². The Morgan fingerprint density at radius 2 is 1.95 bits per heavy atom. The van der Waals surface area contributed by atoms with Crippen LogP contribution >= 0.6 is 0 Å². The van der Waals surface area contributed by atoms with Crippen molar-refractivity contribution in [3.05, 3.63) is 36.9 Å². The van der Waals surface area contributed by atoms with Crippen LogP contribution in [0.1, 0.15) is 0 Å². The Bertz CT molecular complexity index is 674. The molecule has 0 saturated carbocycles. The lowest BCUT2D eigenvalue weighted by Gasteiger charge is -2.09. The van der Waals surface area contributed by atoms with E-state index in [-0.39, 0.29) is 16.3 Å². The van der Waals surface area contributed by atoms with Crippen LogP contribution in [0.4, 0.5) is 11.4 Å². The van der Waals surface area contributed by atoms with Gasteiger partial charge in [0, 0.05) is 0 Å². The topological polar surface area (TPSA) is 107 Å². The summed E-state index contributed by atoms with van der Waals surface area (Å²) in [6.07, 6.45) is 4.03. The molecule has 0 unspecified atom stereocenters. The molecule has 0 aliphatic rings. The predicted molar refractivity (Wildman–Crippen MR) is 70.2 cm³/mol. The standard InChI is InChI=1S/C11H12N4O3S/c1-18-11-3-2-9(4-10(11)12)19(16,17)15-8-5-13-7-14-6-8/h2-7,15H,12H2,1H3. The van der Waals surface area contributed by atoms with Crippen LogP contribution in [0.5, 0.6) is 5.75 Å². The van der Waals surface area contributed by atoms with Gasteiger partial charge in [-0.2, -0.15) is 0 Å². The fraction of sp³-hybridized carbons (Fsp3) is 0.0909. The molecule has 0 radical (unpaired) electrons. The number of nitrogens with zero attached hydrogens (tertiary/aromatic N) is 2. The van der Waals surface area contributed by atoms with Crippen LogP contribution in [-0.2, 0) is 10.0 Å². The molecule has 0 atom stereocenters. The van der Waals surface area contributed by atoms with E-state index >= 15 is 0 Å². The average Bonchev–Trinajstić information content (AvgIpc) is 2.39. The number of ether oxygens (including phenoxy) is 1. The molecule has 2 rings (SSSR count). The van der Waals surface area contributed by atoms with Gasteiger partial charge in [-0.15, -0.1) is 0 Å². The largest absolute Gasteiger partial charge is 0.495 e. The molecule has 2 aromatic rings. The van der Waals surface area contributed by atoms with E-state index in [4.69, 9.17) is 10.5 Å². The van der Waals surface area contributed by atoms with Crippen molar-refractivity contribution in [1.82, 2.24) is 9.97 Å². The number of aromatic nitrogens is 2. The number of hydrogen-bond donors (Lipinski definition) is 2. The molecule has 0 fully saturated rings. The van der Waals surface area contributed by atoms with Gasteiger partial charge in [-0.1, -0.05) is 0 Å². The number of anilines is 2. The molecule has 100 valence electrons. The van der Waals surface area contributed by atoms with Gasteiger partial charge in [0.25, 0.3) is 10.0 Å². The zero-order valence-corrected chi connectivity index (χ0v) is 10.9. The Balaban J connectivity index is 2.32. The van der Waals surface area contributed by atoms with Crippen LogP contribution in [0.3, 0.4) is 0 Å². The Kier molecular flexibility index (Phi) is 3.52. The second kappa shape index (κ2) is 5.11. The third-order valence-electron chi connectivity index (χ3n) is 2.32. The van der Waals surface area contributed by atoms with E-state index < -0.39 is 10.0 Å². The van der Waals surface area contributed by atoms with Crippen molar-refractivity contribution in [3.8, 4) is 5.75 Å². The summed E-state index contributed by atoms with van der Waals surface area (Å²) in [6, 6.07) is 4.22. The fourth-order valence-corrected chi connectivity index (χ4v) is 2.51. The highest BCUT2D eigenvalue weighted by Crippen LogP contribution is 2.25. The summed E-state index contributed by atoms with van der Waals surface area (Å²) >= 11 is 0. The Hall–Kier alpha value is -2.35. The monoisotopic (exact) mass is 280 g/mol. The summed E-state index contributed by atoms with van der Waals surface area (Å²) < 4.78 is 31.5. The van der Waals surface area contributed by atoms with Crippen molar-refractivity contribution in [3.63, 3.8) is 0 Å². The number of rotatable bonds is 4. The maximum absolute atomic E-state index is 12.1. The number of nitrogen functional groups attached to an aromatic ring is 1. The molecular weight excluding hydrogens is 268 g/mol. The van der Waals surface area contributed by atoms with E-state index in [2.05, 4.69) is 14.7 Å². The summed E-state index contributed by atoms with van der Waals surface area (Å²) in [5.41, 5.74) is 6.20. The van der Waals surface area contributed by atoms with Crippen molar-refractivity contribution < 1.29 is 13.2 Å². The van der Waals surface area contributed by atoms with Crippen LogP contribution in [0, 0.1) is 0 Å². The first-order valence-electron chi connectivity index (χ1n) is 5.24. The second-order valence-electron chi connectivity index (χ2n) is 3.64. The number of methoxy groups -OCH3 is 1. The first-order valence-corrected chi connectivity index (χ1v) is 6.72. The summed E-state index contributed by atoms with van der Waals surface area (Å²) in [5, 5.41) is 0. The molecule has 1 heterocycles. The SMILES string of the molecule is COc1ccc(S(=O)(=O)Nc2cncnc2)cc1N. The zero-order chi connectivity index (χ0) is 13.9. The van der Waals surface area contributed by atoms with Crippen LogP contribution in [-0.4, -0.2) is 25.5 Å². The van der Waals surface area contributed by atoms with Crippen molar-refractivity contribution in [2.24, 2.45) is 0 Å². The van der Waals surface area contributed by atoms with Gasteiger partial charge in [0.2, 0.25) is 0 Å². The maximum Gasteiger partial charge on any atom is 0.262 e. The van der Waals surface area contributed by atoms with E-state index in [0.717, 1.165) is 0 Å². The number of hydrogen-bond acceptors (Lipinski definition) is 6. The minimum absolute atomic E-state index is 0.0367. The van der Waals surface area contributed by atoms with E-state index in [9.17, 15) is 8.42 Å². The number of nitrogens with two attached hydrogens (primary N) is 1. The zero-order valence-electron chi connectivity index (χ0n) is 10.1. The summed E-state index contributed by atoms with van der Waals surface area (Å²) in [7, 11) is -2.27. The average molecular weight is 280 g/mol. The molecule has 0 spiro atoms. The first kappa shape index (κ1) is 13.1. The summed E-state index contributed by atoms with van der Waals surface area (Å²) in [5.74, 6) is 0.419. The molecule has 0 bridgehead atoms. The molecule has 8 heteroatoms. The van der Waals surface area contributed by atoms with Gasteiger partial charge in [-0.25, -0.2) is 18.4 Å². The van der Waals surface area contributed by atoms with Gasteiger partial charge in [0.05, 0.1) is 35.8 Å². The Labute approximate surface area is 110 Å². The molecule has 1 aromatic carbocycles. The Morgan fingerprint density at radius 1 is 1.26 bits per heavy atom. The second-order valence-corrected chi connectivity index (χ2v) is 5.32. The van der Waals surface area contributed by atoms with Crippen molar-refractivity contribution in [2.75, 3.05) is 17.6 Å². The molecule has 0 saturated heterocycles. The minimum Gasteiger partial charge on any atom is -0.495 e. The molecule has 7 nitrogen and oxygen atoms in total. The van der Waals surface area contributed by atoms with Crippen molar-refractivity contribution in [2.45, 2.75) is 4.90 Å². The normalized spacial score (nSPS) is 11.0. The third kappa shape index (κ3) is 2.91. The number of sulfonamides is 1.